The lowest BCUT2D eigenvalue weighted by molar-refractivity contribution is 0.0438. The van der Waals surface area contributed by atoms with Gasteiger partial charge >= 0.3 is 5.97 Å². The highest BCUT2D eigenvalue weighted by Crippen LogP contribution is 2.26. The van der Waals surface area contributed by atoms with E-state index in [1.807, 2.05) is 24.3 Å². The summed E-state index contributed by atoms with van der Waals surface area (Å²) < 4.78 is 11.5. The first-order valence-corrected chi connectivity index (χ1v) is 7.91. The molecule has 1 heterocycles. The molecule has 6 nitrogen and oxygen atoms in total. The molecule has 0 spiro atoms. The Kier molecular flexibility index (Phi) is 5.02. The summed E-state index contributed by atoms with van der Waals surface area (Å²) in [5.41, 5.74) is 1.88. The number of halogens is 1. The van der Waals surface area contributed by atoms with Crippen LogP contribution >= 0.6 is 15.9 Å². The van der Waals surface area contributed by atoms with Crippen LogP contribution in [0.3, 0.4) is 0 Å². The average Bonchev–Trinajstić information content (AvgIpc) is 3.09. The van der Waals surface area contributed by atoms with Gasteiger partial charge in [-0.3, -0.25) is 0 Å². The van der Waals surface area contributed by atoms with E-state index in [9.17, 15) is 4.79 Å². The number of ether oxygens (including phenoxy) is 1. The van der Waals surface area contributed by atoms with Gasteiger partial charge in [0.1, 0.15) is 0 Å². The van der Waals surface area contributed by atoms with Gasteiger partial charge in [0.15, 0.2) is 6.61 Å². The van der Waals surface area contributed by atoms with Crippen LogP contribution < -0.4 is 0 Å². The van der Waals surface area contributed by atoms with Crippen molar-refractivity contribution in [1.82, 2.24) is 10.2 Å². The van der Waals surface area contributed by atoms with Crippen molar-refractivity contribution in [2.75, 3.05) is 0 Å². The predicted octanol–water partition coefficient (Wildman–Crippen LogP) is 3.35. The molecule has 0 bridgehead atoms. The number of benzene rings is 2. The van der Waals surface area contributed by atoms with Crippen LogP contribution in [0.5, 0.6) is 0 Å². The van der Waals surface area contributed by atoms with Gasteiger partial charge in [-0.1, -0.05) is 24.3 Å². The first-order chi connectivity index (χ1) is 11.7. The lowest BCUT2D eigenvalue weighted by Crippen LogP contribution is -2.05. The van der Waals surface area contributed by atoms with Gasteiger partial charge in [-0.25, -0.2) is 4.79 Å². The van der Waals surface area contributed by atoms with E-state index in [1.54, 1.807) is 24.3 Å². The van der Waals surface area contributed by atoms with Crippen molar-refractivity contribution in [3.8, 4) is 11.5 Å². The van der Waals surface area contributed by atoms with E-state index in [0.717, 1.165) is 15.6 Å². The zero-order valence-electron chi connectivity index (χ0n) is 12.5. The van der Waals surface area contributed by atoms with Crippen molar-refractivity contribution in [2.45, 2.75) is 13.2 Å². The molecule has 3 aromatic rings. The maximum absolute atomic E-state index is 12.0. The Labute approximate surface area is 146 Å². The molecule has 0 saturated carbocycles. The molecule has 0 amide bonds. The third-order valence-electron chi connectivity index (χ3n) is 3.27. The Bertz CT molecular complexity index is 846. The summed E-state index contributed by atoms with van der Waals surface area (Å²) >= 11 is 3.42. The van der Waals surface area contributed by atoms with Crippen LogP contribution in [0.15, 0.2) is 57.4 Å². The summed E-state index contributed by atoms with van der Waals surface area (Å²) in [7, 11) is 0. The van der Waals surface area contributed by atoms with Gasteiger partial charge in [-0.2, -0.15) is 0 Å². The summed E-state index contributed by atoms with van der Waals surface area (Å²) in [4.78, 5) is 12.0. The fourth-order valence-electron chi connectivity index (χ4n) is 2.01. The molecule has 0 radical (unpaired) electrons. The van der Waals surface area contributed by atoms with Crippen LogP contribution in [0, 0.1) is 0 Å². The molecule has 1 N–H and O–H groups in total. The zero-order valence-corrected chi connectivity index (χ0v) is 14.1. The number of hydrogen-bond acceptors (Lipinski definition) is 6. The van der Waals surface area contributed by atoms with Crippen LogP contribution in [0.4, 0.5) is 0 Å². The summed E-state index contributed by atoms with van der Waals surface area (Å²) in [6.07, 6.45) is 0. The van der Waals surface area contributed by atoms with Gasteiger partial charge < -0.3 is 14.3 Å². The molecule has 0 aliphatic heterocycles. The number of aliphatic hydroxyl groups excluding tert-OH is 1. The lowest BCUT2D eigenvalue weighted by atomic mass is 10.1. The van der Waals surface area contributed by atoms with Gasteiger partial charge in [-0.05, 0) is 45.8 Å². The molecular formula is C17H13BrN2O4. The number of aromatic nitrogens is 2. The molecule has 0 unspecified atom stereocenters. The minimum Gasteiger partial charge on any atom is -0.452 e. The lowest BCUT2D eigenvalue weighted by Gasteiger charge is -2.03. The van der Waals surface area contributed by atoms with Crippen molar-refractivity contribution < 1.29 is 19.1 Å². The number of aliphatic hydroxyl groups is 1. The standard InChI is InChI=1S/C17H13BrN2O4/c18-14-4-2-1-3-13(14)16-20-19-15(24-16)10-23-17(22)12-7-5-11(9-21)6-8-12/h1-8,21H,9-10H2. The SMILES string of the molecule is O=C(OCc1nnc(-c2ccccc2Br)o1)c1ccc(CO)cc1. The molecule has 0 aliphatic carbocycles. The van der Waals surface area contributed by atoms with E-state index in [4.69, 9.17) is 14.3 Å². The van der Waals surface area contributed by atoms with Gasteiger partial charge in [0.25, 0.3) is 5.89 Å². The van der Waals surface area contributed by atoms with Crippen molar-refractivity contribution in [1.29, 1.82) is 0 Å². The second-order valence-electron chi connectivity index (χ2n) is 4.91. The van der Waals surface area contributed by atoms with E-state index in [-0.39, 0.29) is 19.1 Å². The van der Waals surface area contributed by atoms with Crippen LogP contribution in [0.1, 0.15) is 21.8 Å². The van der Waals surface area contributed by atoms with Crippen molar-refractivity contribution in [3.63, 3.8) is 0 Å². The van der Waals surface area contributed by atoms with E-state index in [0.29, 0.717) is 11.5 Å². The monoisotopic (exact) mass is 388 g/mol. The third kappa shape index (κ3) is 3.69. The smallest absolute Gasteiger partial charge is 0.338 e. The Hall–Kier alpha value is -2.51. The molecule has 3 rings (SSSR count). The molecular weight excluding hydrogens is 376 g/mol. The van der Waals surface area contributed by atoms with E-state index < -0.39 is 5.97 Å². The second kappa shape index (κ2) is 7.37. The number of esters is 1. The summed E-state index contributed by atoms with van der Waals surface area (Å²) in [6, 6.07) is 14.0. The second-order valence-corrected chi connectivity index (χ2v) is 5.77. The topological polar surface area (TPSA) is 85.5 Å². The first kappa shape index (κ1) is 16.4. The number of carbonyl (C=O) groups excluding carboxylic acids is 1. The van der Waals surface area contributed by atoms with E-state index in [2.05, 4.69) is 26.1 Å². The van der Waals surface area contributed by atoms with Crippen LogP contribution in [0.2, 0.25) is 0 Å². The van der Waals surface area contributed by atoms with Crippen LogP contribution in [0.25, 0.3) is 11.5 Å². The maximum atomic E-state index is 12.0. The fourth-order valence-corrected chi connectivity index (χ4v) is 2.47. The number of hydrogen-bond donors (Lipinski definition) is 1. The fraction of sp³-hybridized carbons (Fsp3) is 0.118. The largest absolute Gasteiger partial charge is 0.452 e. The Morgan fingerprint density at radius 1 is 1.12 bits per heavy atom. The first-order valence-electron chi connectivity index (χ1n) is 7.11. The highest BCUT2D eigenvalue weighted by molar-refractivity contribution is 9.10. The maximum Gasteiger partial charge on any atom is 0.338 e. The van der Waals surface area contributed by atoms with E-state index >= 15 is 0 Å². The minimum atomic E-state index is -0.500. The Morgan fingerprint density at radius 2 is 1.88 bits per heavy atom. The van der Waals surface area contributed by atoms with Gasteiger partial charge in [0.05, 0.1) is 17.7 Å². The summed E-state index contributed by atoms with van der Waals surface area (Å²) in [5.74, 6) is 0.0574. The van der Waals surface area contributed by atoms with Crippen molar-refractivity contribution in [2.24, 2.45) is 0 Å². The molecule has 7 heteroatoms. The third-order valence-corrected chi connectivity index (χ3v) is 3.96. The summed E-state index contributed by atoms with van der Waals surface area (Å²) in [5, 5.41) is 16.8. The molecule has 24 heavy (non-hydrogen) atoms. The van der Waals surface area contributed by atoms with Crippen molar-refractivity contribution in [3.05, 3.63) is 70.0 Å². The van der Waals surface area contributed by atoms with Crippen LogP contribution in [-0.2, 0) is 18.0 Å². The van der Waals surface area contributed by atoms with Gasteiger partial charge in [0.2, 0.25) is 5.89 Å². The highest BCUT2D eigenvalue weighted by atomic mass is 79.9. The molecule has 0 aliphatic rings. The Balaban J connectivity index is 1.65. The van der Waals surface area contributed by atoms with Crippen LogP contribution in [-0.4, -0.2) is 21.3 Å². The van der Waals surface area contributed by atoms with Gasteiger partial charge in [-0.15, -0.1) is 10.2 Å². The molecule has 122 valence electrons. The molecule has 2 aromatic carbocycles. The molecule has 0 saturated heterocycles. The Morgan fingerprint density at radius 3 is 2.58 bits per heavy atom. The van der Waals surface area contributed by atoms with Gasteiger partial charge in [0, 0.05) is 4.47 Å². The normalized spacial score (nSPS) is 10.6. The number of nitrogens with zero attached hydrogens (tertiary/aromatic N) is 2. The van der Waals surface area contributed by atoms with E-state index in [1.165, 1.54) is 0 Å². The summed E-state index contributed by atoms with van der Waals surface area (Å²) in [6.45, 7) is -0.187. The van der Waals surface area contributed by atoms with Crippen molar-refractivity contribution >= 4 is 21.9 Å². The number of carbonyl (C=O) groups is 1. The molecule has 0 atom stereocenters. The number of rotatable bonds is 5. The minimum absolute atomic E-state index is 0.0743. The molecule has 0 fully saturated rings. The zero-order chi connectivity index (χ0) is 16.9. The average molecular weight is 389 g/mol. The predicted molar refractivity (Wildman–Crippen MR) is 88.9 cm³/mol. The molecule has 1 aromatic heterocycles. The highest BCUT2D eigenvalue weighted by Gasteiger charge is 2.13. The quantitative estimate of drug-likeness (QED) is 0.674.